The monoisotopic (exact) mass is 916 g/mol. The van der Waals surface area contributed by atoms with Crippen LogP contribution in [0.3, 0.4) is 0 Å². The van der Waals surface area contributed by atoms with Gasteiger partial charge in [0.05, 0.1) is 14.8 Å². The molecule has 0 aliphatic rings. The molecule has 0 spiro atoms. The molecule has 226 valence electrons. The normalized spacial score (nSPS) is 11.8. The second-order valence-corrected chi connectivity index (χ2v) is 11.3. The van der Waals surface area contributed by atoms with Gasteiger partial charge in [0, 0.05) is 47.3 Å². The van der Waals surface area contributed by atoms with E-state index in [1.807, 2.05) is 67.8 Å². The van der Waals surface area contributed by atoms with Crippen molar-refractivity contribution in [2.24, 2.45) is 0 Å². The van der Waals surface area contributed by atoms with E-state index in [1.165, 1.54) is 6.92 Å². The molecule has 17 heteroatoms. The van der Waals surface area contributed by atoms with Crippen LogP contribution in [0.1, 0.15) is 50.5 Å². The number of carbonyl (C=O) groups is 7. The molecule has 0 bridgehead atoms. The van der Waals surface area contributed by atoms with E-state index in [1.54, 1.807) is 0 Å². The van der Waals surface area contributed by atoms with Crippen LogP contribution in [0, 0.1) is 10.7 Å². The summed E-state index contributed by atoms with van der Waals surface area (Å²) in [6.45, 7) is 4.03. The van der Waals surface area contributed by atoms with Gasteiger partial charge in [-0.3, -0.25) is 33.6 Å². The summed E-state index contributed by atoms with van der Waals surface area (Å²) in [5.74, 6) is -4.79. The van der Waals surface area contributed by atoms with Crippen LogP contribution >= 0.6 is 67.8 Å². The van der Waals surface area contributed by atoms with Crippen molar-refractivity contribution >= 4 is 115 Å². The number of rotatable bonds is 13. The standard InChI is InChI=1S/C24H27I3N2O12/c1-10(30)37-6-15-20(25)19(22(27)23(21(15)26)29-18(35)9-40-13(4)33)24(36)28-16(7-38-11(2)31)17(41-14(5)34)8-39-12(3)32/h16-17H,6-9H2,1-5H3,(H,28,36)(H,29,35). The fourth-order valence-corrected chi connectivity index (χ4v) is 7.24. The maximum atomic E-state index is 13.7. The molecule has 1 aromatic rings. The molecule has 1 rings (SSSR count). The molecule has 2 amide bonds. The van der Waals surface area contributed by atoms with Crippen molar-refractivity contribution in [1.29, 1.82) is 0 Å². The van der Waals surface area contributed by atoms with Crippen LogP contribution in [-0.4, -0.2) is 73.6 Å². The molecule has 0 aliphatic carbocycles. The molecule has 2 unspecified atom stereocenters. The lowest BCUT2D eigenvalue weighted by molar-refractivity contribution is -0.160. The van der Waals surface area contributed by atoms with Gasteiger partial charge < -0.3 is 34.3 Å². The summed E-state index contributed by atoms with van der Waals surface area (Å²) in [5.41, 5.74) is 0.616. The van der Waals surface area contributed by atoms with E-state index in [4.69, 9.17) is 23.7 Å². The van der Waals surface area contributed by atoms with Crippen LogP contribution in [0.25, 0.3) is 0 Å². The summed E-state index contributed by atoms with van der Waals surface area (Å²) >= 11 is 5.65. The maximum Gasteiger partial charge on any atom is 0.303 e. The fraction of sp³-hybridized carbons (Fsp3) is 0.458. The van der Waals surface area contributed by atoms with Crippen molar-refractivity contribution in [3.05, 3.63) is 21.8 Å². The van der Waals surface area contributed by atoms with E-state index in [0.29, 0.717) is 12.7 Å². The summed E-state index contributed by atoms with van der Waals surface area (Å²) in [6.07, 6.45) is -1.23. The van der Waals surface area contributed by atoms with E-state index in [0.717, 1.165) is 27.7 Å². The van der Waals surface area contributed by atoms with Crippen LogP contribution in [0.4, 0.5) is 5.69 Å². The average Bonchev–Trinajstić information content (AvgIpc) is 2.85. The highest BCUT2D eigenvalue weighted by molar-refractivity contribution is 14.1. The summed E-state index contributed by atoms with van der Waals surface area (Å²) in [6, 6.07) is -1.17. The Balaban J connectivity index is 3.62. The molecule has 0 aliphatic heterocycles. The minimum absolute atomic E-state index is 0.0402. The van der Waals surface area contributed by atoms with Crippen molar-refractivity contribution < 1.29 is 57.2 Å². The van der Waals surface area contributed by atoms with Crippen LogP contribution in [0.5, 0.6) is 0 Å². The first kappa shape index (κ1) is 36.7. The number of hydrogen-bond acceptors (Lipinski definition) is 12. The van der Waals surface area contributed by atoms with Gasteiger partial charge in [-0.15, -0.1) is 0 Å². The number of hydrogen-bond donors (Lipinski definition) is 2. The van der Waals surface area contributed by atoms with Crippen molar-refractivity contribution in [3.63, 3.8) is 0 Å². The predicted octanol–water partition coefficient (Wildman–Crippen LogP) is 2.22. The number of anilines is 1. The SMILES string of the molecule is CC(=O)OCC(=O)Nc1c(I)c(COC(C)=O)c(I)c(C(=O)NC(COC(C)=O)C(COC(C)=O)OC(C)=O)c1I. The summed E-state index contributed by atoms with van der Waals surface area (Å²) in [5, 5.41) is 5.25. The summed E-state index contributed by atoms with van der Waals surface area (Å²) in [4.78, 5) is 83.6. The Bertz CT molecular complexity index is 1220. The van der Waals surface area contributed by atoms with Crippen molar-refractivity contribution in [2.45, 2.75) is 53.4 Å². The van der Waals surface area contributed by atoms with Gasteiger partial charge in [-0.1, -0.05) is 0 Å². The van der Waals surface area contributed by atoms with E-state index in [2.05, 4.69) is 10.6 Å². The first-order valence-corrected chi connectivity index (χ1v) is 14.8. The number of ether oxygens (including phenoxy) is 5. The van der Waals surface area contributed by atoms with E-state index < -0.39 is 73.6 Å². The van der Waals surface area contributed by atoms with Gasteiger partial charge in [0.15, 0.2) is 12.7 Å². The Labute approximate surface area is 276 Å². The first-order valence-electron chi connectivity index (χ1n) is 11.6. The zero-order valence-corrected chi connectivity index (χ0v) is 29.0. The van der Waals surface area contributed by atoms with Crippen molar-refractivity contribution in [1.82, 2.24) is 5.32 Å². The van der Waals surface area contributed by atoms with Gasteiger partial charge in [0.25, 0.3) is 11.8 Å². The van der Waals surface area contributed by atoms with Crippen LogP contribution in [0.15, 0.2) is 0 Å². The van der Waals surface area contributed by atoms with Gasteiger partial charge in [-0.25, -0.2) is 0 Å². The molecular weight excluding hydrogens is 889 g/mol. The molecule has 0 aromatic heterocycles. The molecule has 2 atom stereocenters. The molecule has 14 nitrogen and oxygen atoms in total. The summed E-state index contributed by atoms with van der Waals surface area (Å²) in [7, 11) is 0. The number of benzene rings is 1. The first-order chi connectivity index (χ1) is 19.0. The predicted molar refractivity (Wildman–Crippen MR) is 165 cm³/mol. The topological polar surface area (TPSA) is 190 Å². The van der Waals surface area contributed by atoms with Crippen LogP contribution < -0.4 is 10.6 Å². The Morgan fingerprint density at radius 3 is 1.73 bits per heavy atom. The Hall–Kier alpha value is -2.30. The molecular formula is C24H27I3N2O12. The van der Waals surface area contributed by atoms with Crippen molar-refractivity contribution in [2.75, 3.05) is 25.1 Å². The Kier molecular flexibility index (Phi) is 15.8. The highest BCUT2D eigenvalue weighted by Gasteiger charge is 2.32. The third-order valence-electron chi connectivity index (χ3n) is 4.73. The lowest BCUT2D eigenvalue weighted by atomic mass is 10.1. The smallest absolute Gasteiger partial charge is 0.303 e. The number of halogens is 3. The fourth-order valence-electron chi connectivity index (χ4n) is 3.00. The van der Waals surface area contributed by atoms with E-state index in [-0.39, 0.29) is 21.4 Å². The van der Waals surface area contributed by atoms with Crippen LogP contribution in [-0.2, 0) is 59.1 Å². The Morgan fingerprint density at radius 2 is 1.22 bits per heavy atom. The zero-order valence-electron chi connectivity index (χ0n) is 22.5. The quantitative estimate of drug-likeness (QED) is 0.167. The average molecular weight is 916 g/mol. The minimum Gasteiger partial charge on any atom is -0.464 e. The molecule has 1 aromatic carbocycles. The number of nitrogens with one attached hydrogen (secondary N) is 2. The van der Waals surface area contributed by atoms with E-state index in [9.17, 15) is 33.6 Å². The molecule has 2 N–H and O–H groups in total. The van der Waals surface area contributed by atoms with Gasteiger partial charge in [-0.05, 0) is 67.8 Å². The molecule has 41 heavy (non-hydrogen) atoms. The second-order valence-electron chi connectivity index (χ2n) is 8.11. The lowest BCUT2D eigenvalue weighted by Gasteiger charge is -2.27. The third-order valence-corrected chi connectivity index (χ3v) is 8.18. The van der Waals surface area contributed by atoms with Gasteiger partial charge in [0.1, 0.15) is 25.9 Å². The number of carbonyl (C=O) groups excluding carboxylic acids is 7. The van der Waals surface area contributed by atoms with Gasteiger partial charge in [-0.2, -0.15) is 0 Å². The summed E-state index contributed by atoms with van der Waals surface area (Å²) < 4.78 is 26.3. The second kappa shape index (κ2) is 17.6. The minimum atomic E-state index is -1.23. The third kappa shape index (κ3) is 12.6. The molecule has 0 saturated carbocycles. The van der Waals surface area contributed by atoms with E-state index >= 15 is 0 Å². The Morgan fingerprint density at radius 1 is 0.683 bits per heavy atom. The molecule has 0 heterocycles. The van der Waals surface area contributed by atoms with Crippen LogP contribution in [0.2, 0.25) is 0 Å². The highest BCUT2D eigenvalue weighted by atomic mass is 127. The number of esters is 5. The zero-order chi connectivity index (χ0) is 31.4. The molecule has 0 radical (unpaired) electrons. The molecule has 0 fully saturated rings. The number of amides is 2. The molecule has 0 saturated heterocycles. The van der Waals surface area contributed by atoms with Crippen molar-refractivity contribution in [3.8, 4) is 0 Å². The maximum absolute atomic E-state index is 13.7. The highest BCUT2D eigenvalue weighted by Crippen LogP contribution is 2.36. The lowest BCUT2D eigenvalue weighted by Crippen LogP contribution is -2.50. The largest absolute Gasteiger partial charge is 0.464 e. The van der Waals surface area contributed by atoms with Gasteiger partial charge in [0.2, 0.25) is 0 Å². The van der Waals surface area contributed by atoms with Gasteiger partial charge >= 0.3 is 29.8 Å².